The van der Waals surface area contributed by atoms with Crippen LogP contribution in [0.2, 0.25) is 0 Å². The molecular weight excluding hydrogens is 388 g/mol. The van der Waals surface area contributed by atoms with E-state index in [0.29, 0.717) is 16.8 Å². The van der Waals surface area contributed by atoms with E-state index in [-0.39, 0.29) is 21.4 Å². The zero-order valence-corrected chi connectivity index (χ0v) is 17.3. The quantitative estimate of drug-likeness (QED) is 0.711. The van der Waals surface area contributed by atoms with Crippen LogP contribution in [-0.2, 0) is 16.9 Å². The summed E-state index contributed by atoms with van der Waals surface area (Å²) >= 11 is 0. The molecule has 0 fully saturated rings. The Kier molecular flexibility index (Phi) is 5.27. The first-order chi connectivity index (χ1) is 13.6. The van der Waals surface area contributed by atoms with Crippen molar-refractivity contribution in [2.45, 2.75) is 30.7 Å². The van der Waals surface area contributed by atoms with E-state index in [2.05, 4.69) is 10.3 Å². The Morgan fingerprint density at radius 3 is 2.31 bits per heavy atom. The third kappa shape index (κ3) is 3.77. The Morgan fingerprint density at radius 1 is 1.07 bits per heavy atom. The Bertz CT molecular complexity index is 1300. The number of benzene rings is 2. The highest BCUT2D eigenvalue weighted by atomic mass is 32.2. The minimum absolute atomic E-state index is 0.105. The lowest BCUT2D eigenvalue weighted by atomic mass is 10.2. The summed E-state index contributed by atoms with van der Waals surface area (Å²) in [4.78, 5) is 17.0. The number of nitriles is 1. The van der Waals surface area contributed by atoms with Gasteiger partial charge in [0.05, 0.1) is 22.2 Å². The van der Waals surface area contributed by atoms with Gasteiger partial charge in [0.25, 0.3) is 5.56 Å². The van der Waals surface area contributed by atoms with Gasteiger partial charge in [-0.05, 0) is 56.7 Å². The summed E-state index contributed by atoms with van der Waals surface area (Å²) in [6.45, 7) is 5.17. The number of nitrogens with zero attached hydrogens (tertiary/aromatic N) is 3. The lowest BCUT2D eigenvalue weighted by molar-refractivity contribution is 0.586. The molecule has 148 valence electrons. The number of sulfone groups is 1. The smallest absolute Gasteiger partial charge is 0.293 e. The van der Waals surface area contributed by atoms with Gasteiger partial charge in [-0.2, -0.15) is 5.26 Å². The van der Waals surface area contributed by atoms with E-state index in [0.717, 1.165) is 5.56 Å². The maximum atomic E-state index is 13.3. The molecule has 0 aliphatic carbocycles. The van der Waals surface area contributed by atoms with Gasteiger partial charge in [-0.3, -0.25) is 4.79 Å². The van der Waals surface area contributed by atoms with Crippen molar-refractivity contribution in [3.05, 3.63) is 75.2 Å². The molecule has 1 aromatic heterocycles. The number of hydrogen-bond donors (Lipinski definition) is 1. The summed E-state index contributed by atoms with van der Waals surface area (Å²) in [7, 11) is -2.43. The molecule has 0 bridgehead atoms. The van der Waals surface area contributed by atoms with Gasteiger partial charge in [0.2, 0.25) is 9.84 Å². The van der Waals surface area contributed by atoms with Crippen LogP contribution in [0.4, 0.5) is 11.5 Å². The van der Waals surface area contributed by atoms with Crippen LogP contribution < -0.4 is 10.9 Å². The molecule has 29 heavy (non-hydrogen) atoms. The number of hydrogen-bond acceptors (Lipinski definition) is 6. The molecule has 0 aliphatic rings. The molecule has 0 aliphatic heterocycles. The highest BCUT2D eigenvalue weighted by Gasteiger charge is 2.26. The first-order valence-corrected chi connectivity index (χ1v) is 10.3. The predicted octanol–water partition coefficient (Wildman–Crippen LogP) is 3.15. The molecule has 0 amide bonds. The van der Waals surface area contributed by atoms with Crippen LogP contribution in [-0.4, -0.2) is 18.0 Å². The zero-order valence-electron chi connectivity index (χ0n) is 16.5. The molecule has 3 rings (SSSR count). The molecule has 0 unspecified atom stereocenters. The summed E-state index contributed by atoms with van der Waals surface area (Å²) in [5.41, 5.74) is 2.36. The molecule has 8 heteroatoms. The van der Waals surface area contributed by atoms with Gasteiger partial charge in [0, 0.05) is 12.7 Å². The topological polar surface area (TPSA) is 105 Å². The molecule has 0 saturated heterocycles. The Balaban J connectivity index is 2.15. The second-order valence-corrected chi connectivity index (χ2v) is 8.64. The fraction of sp³-hybridized carbons (Fsp3) is 0.190. The second kappa shape index (κ2) is 7.53. The Hall–Kier alpha value is -3.44. The van der Waals surface area contributed by atoms with Gasteiger partial charge >= 0.3 is 0 Å². The summed E-state index contributed by atoms with van der Waals surface area (Å²) in [6, 6.07) is 13.5. The molecule has 0 spiro atoms. The normalized spacial score (nSPS) is 11.1. The molecule has 1 N–H and O–H groups in total. The molecule has 2 aromatic carbocycles. The van der Waals surface area contributed by atoms with Crippen molar-refractivity contribution in [3.63, 3.8) is 0 Å². The number of anilines is 2. The van der Waals surface area contributed by atoms with E-state index in [1.165, 1.54) is 11.6 Å². The maximum Gasteiger partial charge on any atom is 0.293 e. The van der Waals surface area contributed by atoms with Gasteiger partial charge in [-0.15, -0.1) is 0 Å². The van der Waals surface area contributed by atoms with E-state index in [1.807, 2.05) is 13.0 Å². The van der Waals surface area contributed by atoms with Crippen molar-refractivity contribution in [3.8, 4) is 6.07 Å². The van der Waals surface area contributed by atoms with Crippen molar-refractivity contribution in [1.29, 1.82) is 5.26 Å². The van der Waals surface area contributed by atoms with Gasteiger partial charge in [0.15, 0.2) is 10.8 Å². The lowest BCUT2D eigenvalue weighted by Gasteiger charge is -2.15. The van der Waals surface area contributed by atoms with Crippen molar-refractivity contribution in [2.24, 2.45) is 7.05 Å². The number of nitrogens with one attached hydrogen (secondary N) is 1. The number of aryl methyl sites for hydroxylation is 2. The third-order valence-electron chi connectivity index (χ3n) is 4.68. The summed E-state index contributed by atoms with van der Waals surface area (Å²) < 4.78 is 27.9. The average molecular weight is 408 g/mol. The van der Waals surface area contributed by atoms with Crippen LogP contribution in [0.5, 0.6) is 0 Å². The van der Waals surface area contributed by atoms with Crippen LogP contribution in [0, 0.1) is 32.1 Å². The van der Waals surface area contributed by atoms with Crippen LogP contribution in [0.1, 0.15) is 22.4 Å². The van der Waals surface area contributed by atoms with Gasteiger partial charge in [-0.1, -0.05) is 17.7 Å². The van der Waals surface area contributed by atoms with Crippen LogP contribution >= 0.6 is 0 Å². The number of rotatable bonds is 4. The lowest BCUT2D eigenvalue weighted by Crippen LogP contribution is -2.26. The van der Waals surface area contributed by atoms with Gasteiger partial charge < -0.3 is 9.88 Å². The molecule has 1 heterocycles. The molecule has 3 aromatic rings. The first-order valence-electron chi connectivity index (χ1n) is 8.82. The summed E-state index contributed by atoms with van der Waals surface area (Å²) in [6.07, 6.45) is 0. The fourth-order valence-electron chi connectivity index (χ4n) is 2.99. The van der Waals surface area contributed by atoms with Crippen LogP contribution in [0.15, 0.2) is 57.2 Å². The summed E-state index contributed by atoms with van der Waals surface area (Å²) in [5.74, 6) is -0.105. The van der Waals surface area contributed by atoms with Gasteiger partial charge in [0.1, 0.15) is 0 Å². The zero-order chi connectivity index (χ0) is 21.3. The van der Waals surface area contributed by atoms with Crippen LogP contribution in [0.25, 0.3) is 0 Å². The monoisotopic (exact) mass is 408 g/mol. The van der Waals surface area contributed by atoms with E-state index < -0.39 is 15.4 Å². The summed E-state index contributed by atoms with van der Waals surface area (Å²) in [5, 5.41) is 11.6. The standard InChI is InChI=1S/C21H20N4O3S/c1-13-5-10-18(14(2)11-13)29(27,28)20-15(3)25(4)21(26)19(24-20)23-17-8-6-16(12-22)7-9-17/h5-11H,1-4H3,(H,23,24). The van der Waals surface area contributed by atoms with Crippen molar-refractivity contribution in [2.75, 3.05) is 5.32 Å². The van der Waals surface area contributed by atoms with Crippen LogP contribution in [0.3, 0.4) is 0 Å². The van der Waals surface area contributed by atoms with Gasteiger partial charge in [-0.25, -0.2) is 13.4 Å². The first kappa shape index (κ1) is 20.3. The van der Waals surface area contributed by atoms with E-state index >= 15 is 0 Å². The minimum Gasteiger partial charge on any atom is -0.336 e. The molecular formula is C21H20N4O3S. The van der Waals surface area contributed by atoms with Crippen molar-refractivity contribution >= 4 is 21.3 Å². The fourth-order valence-corrected chi connectivity index (χ4v) is 4.67. The Labute approximate surface area is 169 Å². The van der Waals surface area contributed by atoms with Crippen molar-refractivity contribution in [1.82, 2.24) is 9.55 Å². The molecule has 0 radical (unpaired) electrons. The average Bonchev–Trinajstić information content (AvgIpc) is 2.68. The van der Waals surface area contributed by atoms with Crippen molar-refractivity contribution < 1.29 is 8.42 Å². The predicted molar refractivity (Wildman–Crippen MR) is 110 cm³/mol. The third-order valence-corrected chi connectivity index (χ3v) is 6.62. The molecule has 7 nitrogen and oxygen atoms in total. The molecule has 0 atom stereocenters. The highest BCUT2D eigenvalue weighted by molar-refractivity contribution is 7.91. The SMILES string of the molecule is Cc1ccc(S(=O)(=O)c2nc(Nc3ccc(C#N)cc3)c(=O)n(C)c2C)c(C)c1. The largest absolute Gasteiger partial charge is 0.336 e. The van der Waals surface area contributed by atoms with E-state index in [4.69, 9.17) is 5.26 Å². The van der Waals surface area contributed by atoms with E-state index in [9.17, 15) is 13.2 Å². The Morgan fingerprint density at radius 2 is 1.72 bits per heavy atom. The second-order valence-electron chi connectivity index (χ2n) is 6.80. The minimum atomic E-state index is -3.94. The number of aromatic nitrogens is 2. The molecule has 0 saturated carbocycles. The maximum absolute atomic E-state index is 13.3. The van der Waals surface area contributed by atoms with E-state index in [1.54, 1.807) is 56.3 Å². The highest BCUT2D eigenvalue weighted by Crippen LogP contribution is 2.26.